The van der Waals surface area contributed by atoms with E-state index >= 15 is 0 Å². The lowest BCUT2D eigenvalue weighted by Gasteiger charge is -2.22. The first-order chi connectivity index (χ1) is 11.1. The number of pyridine rings is 1. The van der Waals surface area contributed by atoms with Crippen molar-refractivity contribution < 1.29 is 9.53 Å². The summed E-state index contributed by atoms with van der Waals surface area (Å²) in [7, 11) is 0. The van der Waals surface area contributed by atoms with Gasteiger partial charge < -0.3 is 15.0 Å². The summed E-state index contributed by atoms with van der Waals surface area (Å²) in [6.07, 6.45) is 1.64. The molecule has 0 saturated heterocycles. The second-order valence-corrected chi connectivity index (χ2v) is 5.45. The van der Waals surface area contributed by atoms with Gasteiger partial charge in [0.25, 0.3) is 0 Å². The van der Waals surface area contributed by atoms with Gasteiger partial charge in [-0.15, -0.1) is 0 Å². The van der Waals surface area contributed by atoms with E-state index in [1.807, 2.05) is 51.1 Å². The van der Waals surface area contributed by atoms with Crippen LogP contribution >= 0.6 is 0 Å². The van der Waals surface area contributed by atoms with Gasteiger partial charge in [0.2, 0.25) is 5.88 Å². The van der Waals surface area contributed by atoms with Crippen molar-refractivity contribution in [1.29, 1.82) is 0 Å². The summed E-state index contributed by atoms with van der Waals surface area (Å²) >= 11 is 0. The van der Waals surface area contributed by atoms with Crippen LogP contribution in [0.4, 0.5) is 10.5 Å². The molecule has 0 spiro atoms. The number of carbonyl (C=O) groups excluding carboxylic acids is 1. The predicted molar refractivity (Wildman–Crippen MR) is 91.5 cm³/mol. The number of nitrogens with one attached hydrogen (secondary N) is 1. The quantitative estimate of drug-likeness (QED) is 0.879. The molecule has 0 fully saturated rings. The molecule has 1 aromatic heterocycles. The number of amides is 2. The second-order valence-electron chi connectivity index (χ2n) is 5.45. The Kier molecular flexibility index (Phi) is 5.97. The minimum atomic E-state index is -0.169. The maximum atomic E-state index is 12.5. The summed E-state index contributed by atoms with van der Waals surface area (Å²) in [5, 5.41) is 2.89. The smallest absolute Gasteiger partial charge is 0.322 e. The van der Waals surface area contributed by atoms with E-state index in [-0.39, 0.29) is 12.1 Å². The van der Waals surface area contributed by atoms with Crippen LogP contribution < -0.4 is 10.1 Å². The van der Waals surface area contributed by atoms with Crippen molar-refractivity contribution in [2.75, 3.05) is 11.9 Å². The van der Waals surface area contributed by atoms with Crippen molar-refractivity contribution in [3.05, 3.63) is 54.2 Å². The van der Waals surface area contributed by atoms with Gasteiger partial charge in [-0.1, -0.05) is 30.3 Å². The highest BCUT2D eigenvalue weighted by atomic mass is 16.5. The molecule has 23 heavy (non-hydrogen) atoms. The fourth-order valence-corrected chi connectivity index (χ4v) is 2.13. The highest BCUT2D eigenvalue weighted by Gasteiger charge is 2.15. The largest absolute Gasteiger partial charge is 0.473 e. The number of benzene rings is 1. The molecule has 1 aromatic carbocycles. The summed E-state index contributed by atoms with van der Waals surface area (Å²) in [5.74, 6) is 0.437. The first-order valence-corrected chi connectivity index (χ1v) is 7.81. The SMILES string of the molecule is CCN(Cc1ccccc1)C(=O)Nc1cccnc1OC(C)C. The maximum absolute atomic E-state index is 12.5. The monoisotopic (exact) mass is 313 g/mol. The maximum Gasteiger partial charge on any atom is 0.322 e. The third-order valence-electron chi connectivity index (χ3n) is 3.25. The van der Waals surface area contributed by atoms with Gasteiger partial charge in [-0.2, -0.15) is 0 Å². The molecule has 1 heterocycles. The van der Waals surface area contributed by atoms with Crippen molar-refractivity contribution in [1.82, 2.24) is 9.88 Å². The number of anilines is 1. The van der Waals surface area contributed by atoms with E-state index in [0.29, 0.717) is 24.7 Å². The Balaban J connectivity index is 2.08. The third kappa shape index (κ3) is 4.98. The summed E-state index contributed by atoms with van der Waals surface area (Å²) in [6.45, 7) is 6.98. The van der Waals surface area contributed by atoms with Gasteiger partial charge in [0.05, 0.1) is 6.10 Å². The first kappa shape index (κ1) is 16.8. The van der Waals surface area contributed by atoms with Gasteiger partial charge in [-0.25, -0.2) is 9.78 Å². The number of hydrogen-bond donors (Lipinski definition) is 1. The van der Waals surface area contributed by atoms with E-state index in [9.17, 15) is 4.79 Å². The molecular formula is C18H23N3O2. The number of hydrogen-bond acceptors (Lipinski definition) is 3. The van der Waals surface area contributed by atoms with Gasteiger partial charge in [-0.3, -0.25) is 0 Å². The molecule has 5 heteroatoms. The van der Waals surface area contributed by atoms with Gasteiger partial charge >= 0.3 is 6.03 Å². The number of urea groups is 1. The van der Waals surface area contributed by atoms with E-state index in [4.69, 9.17) is 4.74 Å². The zero-order chi connectivity index (χ0) is 16.7. The number of ether oxygens (including phenoxy) is 1. The molecular weight excluding hydrogens is 290 g/mol. The van der Waals surface area contributed by atoms with Crippen LogP contribution in [0.15, 0.2) is 48.7 Å². The molecule has 0 saturated carbocycles. The normalized spacial score (nSPS) is 10.4. The Morgan fingerprint density at radius 3 is 2.61 bits per heavy atom. The number of aromatic nitrogens is 1. The second kappa shape index (κ2) is 8.17. The van der Waals surface area contributed by atoms with E-state index in [1.54, 1.807) is 23.2 Å². The Morgan fingerprint density at radius 1 is 1.22 bits per heavy atom. The Morgan fingerprint density at radius 2 is 1.96 bits per heavy atom. The Labute approximate surface area is 137 Å². The minimum absolute atomic E-state index is 0.00727. The molecule has 122 valence electrons. The highest BCUT2D eigenvalue weighted by Crippen LogP contribution is 2.22. The molecule has 0 aliphatic carbocycles. The summed E-state index contributed by atoms with van der Waals surface area (Å²) < 4.78 is 5.63. The molecule has 5 nitrogen and oxygen atoms in total. The molecule has 0 aliphatic rings. The van der Waals surface area contributed by atoms with Crippen LogP contribution in [-0.2, 0) is 6.54 Å². The average molecular weight is 313 g/mol. The van der Waals surface area contributed by atoms with E-state index in [1.165, 1.54) is 0 Å². The minimum Gasteiger partial charge on any atom is -0.473 e. The summed E-state index contributed by atoms with van der Waals surface area (Å²) in [6, 6.07) is 13.3. The number of carbonyl (C=O) groups is 1. The molecule has 1 N–H and O–H groups in total. The predicted octanol–water partition coefficient (Wildman–Crippen LogP) is 3.92. The Hall–Kier alpha value is -2.56. The van der Waals surface area contributed by atoms with Crippen molar-refractivity contribution >= 4 is 11.7 Å². The number of nitrogens with zero attached hydrogens (tertiary/aromatic N) is 2. The van der Waals surface area contributed by atoms with E-state index in [2.05, 4.69) is 10.3 Å². The molecule has 2 amide bonds. The summed E-state index contributed by atoms with van der Waals surface area (Å²) in [4.78, 5) is 18.4. The van der Waals surface area contributed by atoms with Gasteiger partial charge in [0.1, 0.15) is 5.69 Å². The Bertz CT molecular complexity index is 629. The van der Waals surface area contributed by atoms with Gasteiger partial charge in [-0.05, 0) is 38.5 Å². The molecule has 0 aliphatic heterocycles. The summed E-state index contributed by atoms with van der Waals surface area (Å²) in [5.41, 5.74) is 1.67. The van der Waals surface area contributed by atoms with Gasteiger partial charge in [0.15, 0.2) is 0 Å². The fraction of sp³-hybridized carbons (Fsp3) is 0.333. The van der Waals surface area contributed by atoms with Crippen LogP contribution in [-0.4, -0.2) is 28.6 Å². The zero-order valence-corrected chi connectivity index (χ0v) is 13.8. The zero-order valence-electron chi connectivity index (χ0n) is 13.8. The van der Waals surface area contributed by atoms with Gasteiger partial charge in [0, 0.05) is 19.3 Å². The van der Waals surface area contributed by atoms with E-state index in [0.717, 1.165) is 5.56 Å². The van der Waals surface area contributed by atoms with E-state index < -0.39 is 0 Å². The topological polar surface area (TPSA) is 54.5 Å². The fourth-order valence-electron chi connectivity index (χ4n) is 2.13. The van der Waals surface area contributed by atoms with Crippen LogP contribution in [0.5, 0.6) is 5.88 Å². The van der Waals surface area contributed by atoms with Crippen molar-refractivity contribution in [3.63, 3.8) is 0 Å². The molecule has 0 atom stereocenters. The lowest BCUT2D eigenvalue weighted by molar-refractivity contribution is 0.211. The molecule has 2 rings (SSSR count). The lowest BCUT2D eigenvalue weighted by Crippen LogP contribution is -2.34. The van der Waals surface area contributed by atoms with Crippen LogP contribution in [0.25, 0.3) is 0 Å². The van der Waals surface area contributed by atoms with Crippen molar-refractivity contribution in [3.8, 4) is 5.88 Å². The molecule has 0 bridgehead atoms. The lowest BCUT2D eigenvalue weighted by atomic mass is 10.2. The molecule has 0 unspecified atom stereocenters. The third-order valence-corrected chi connectivity index (χ3v) is 3.25. The standard InChI is InChI=1S/C18H23N3O2/c1-4-21(13-15-9-6-5-7-10-15)18(22)20-16-11-8-12-19-17(16)23-14(2)3/h5-12,14H,4,13H2,1-3H3,(H,20,22). The average Bonchev–Trinajstić information content (AvgIpc) is 2.55. The van der Waals surface area contributed by atoms with Crippen LogP contribution in [0.2, 0.25) is 0 Å². The molecule has 2 aromatic rings. The van der Waals surface area contributed by atoms with Crippen LogP contribution in [0.1, 0.15) is 26.3 Å². The molecule has 0 radical (unpaired) electrons. The van der Waals surface area contributed by atoms with Crippen LogP contribution in [0.3, 0.4) is 0 Å². The highest BCUT2D eigenvalue weighted by molar-refractivity contribution is 5.90. The number of rotatable bonds is 6. The first-order valence-electron chi connectivity index (χ1n) is 7.81. The van der Waals surface area contributed by atoms with Crippen LogP contribution in [0, 0.1) is 0 Å². The van der Waals surface area contributed by atoms with Crippen molar-refractivity contribution in [2.45, 2.75) is 33.4 Å². The van der Waals surface area contributed by atoms with Crippen molar-refractivity contribution in [2.24, 2.45) is 0 Å².